The van der Waals surface area contributed by atoms with Crippen molar-refractivity contribution in [2.75, 3.05) is 16.8 Å². The number of nitrogens with zero attached hydrogens (tertiary/aromatic N) is 3. The highest BCUT2D eigenvalue weighted by Gasteiger charge is 2.25. The summed E-state index contributed by atoms with van der Waals surface area (Å²) in [5.41, 5.74) is 6.98. The molecule has 0 bridgehead atoms. The molecule has 36 heavy (non-hydrogen) atoms. The van der Waals surface area contributed by atoms with Crippen LogP contribution in [0.4, 0.5) is 15.8 Å². The molecule has 2 aromatic heterocycles. The van der Waals surface area contributed by atoms with Crippen LogP contribution < -0.4 is 16.0 Å². The standard InChI is InChI=1S/C25H20ClFN6O3/c26-20-13-15(27)4-9-19(20)24(35)32-17-5-7-18(8-6-17)33(12-10-16-3-1-2-11-29-16)25(36)22-21(23(28)34)30-14-31-22/h1-9,11,13-14H,10,12H2,(H2,28,34)(H,30,31)(H,32,35). The van der Waals surface area contributed by atoms with Gasteiger partial charge in [-0.25, -0.2) is 9.37 Å². The van der Waals surface area contributed by atoms with Gasteiger partial charge in [0.1, 0.15) is 11.5 Å². The van der Waals surface area contributed by atoms with E-state index in [1.807, 2.05) is 12.1 Å². The molecule has 11 heteroatoms. The number of pyridine rings is 1. The summed E-state index contributed by atoms with van der Waals surface area (Å²) in [5, 5.41) is 2.67. The summed E-state index contributed by atoms with van der Waals surface area (Å²) in [7, 11) is 0. The molecule has 4 N–H and O–H groups in total. The number of aromatic amines is 1. The number of carbonyl (C=O) groups is 3. The molecule has 0 fully saturated rings. The number of nitrogens with one attached hydrogen (secondary N) is 2. The van der Waals surface area contributed by atoms with E-state index in [-0.39, 0.29) is 28.5 Å². The van der Waals surface area contributed by atoms with Gasteiger partial charge in [0.25, 0.3) is 17.7 Å². The lowest BCUT2D eigenvalue weighted by atomic mass is 10.1. The molecule has 2 aromatic carbocycles. The van der Waals surface area contributed by atoms with Gasteiger partial charge < -0.3 is 20.9 Å². The fraction of sp³-hybridized carbons (Fsp3) is 0.0800. The maximum Gasteiger partial charge on any atom is 0.277 e. The van der Waals surface area contributed by atoms with Gasteiger partial charge in [-0.3, -0.25) is 19.4 Å². The summed E-state index contributed by atoms with van der Waals surface area (Å²) in [4.78, 5) is 49.9. The Labute approximate surface area is 210 Å². The zero-order chi connectivity index (χ0) is 25.7. The number of hydrogen-bond acceptors (Lipinski definition) is 5. The Balaban J connectivity index is 1.57. The molecule has 9 nitrogen and oxygen atoms in total. The zero-order valence-corrected chi connectivity index (χ0v) is 19.5. The lowest BCUT2D eigenvalue weighted by molar-refractivity contribution is 0.0955. The van der Waals surface area contributed by atoms with Crippen molar-refractivity contribution in [2.24, 2.45) is 5.73 Å². The first-order chi connectivity index (χ1) is 17.3. The minimum atomic E-state index is -0.832. The number of hydrogen-bond donors (Lipinski definition) is 3. The van der Waals surface area contributed by atoms with Gasteiger partial charge in [0.15, 0.2) is 5.69 Å². The van der Waals surface area contributed by atoms with Crippen molar-refractivity contribution in [1.29, 1.82) is 0 Å². The number of carbonyl (C=O) groups excluding carboxylic acids is 3. The molecule has 0 unspecified atom stereocenters. The van der Waals surface area contributed by atoms with Crippen LogP contribution in [0.2, 0.25) is 5.02 Å². The predicted molar refractivity (Wildman–Crippen MR) is 133 cm³/mol. The average Bonchev–Trinajstić information content (AvgIpc) is 3.36. The molecule has 0 atom stereocenters. The molecule has 0 saturated heterocycles. The predicted octanol–water partition coefficient (Wildman–Crippen LogP) is 3.84. The fourth-order valence-electron chi connectivity index (χ4n) is 3.50. The van der Waals surface area contributed by atoms with Crippen molar-refractivity contribution in [2.45, 2.75) is 6.42 Å². The van der Waals surface area contributed by atoms with Crippen molar-refractivity contribution < 1.29 is 18.8 Å². The van der Waals surface area contributed by atoms with E-state index >= 15 is 0 Å². The number of aromatic nitrogens is 3. The Hall–Kier alpha value is -4.57. The van der Waals surface area contributed by atoms with Crippen molar-refractivity contribution in [3.63, 3.8) is 0 Å². The topological polar surface area (TPSA) is 134 Å². The third kappa shape index (κ3) is 5.56. The third-order valence-corrected chi connectivity index (χ3v) is 5.57. The highest BCUT2D eigenvalue weighted by atomic mass is 35.5. The molecule has 4 aromatic rings. The van der Waals surface area contributed by atoms with E-state index < -0.39 is 23.5 Å². The molecule has 4 rings (SSSR count). The maximum absolute atomic E-state index is 13.4. The molecular weight excluding hydrogens is 487 g/mol. The summed E-state index contributed by atoms with van der Waals surface area (Å²) in [6.45, 7) is 0.240. The van der Waals surface area contributed by atoms with Gasteiger partial charge in [-0.15, -0.1) is 0 Å². The van der Waals surface area contributed by atoms with Crippen molar-refractivity contribution in [3.8, 4) is 0 Å². The maximum atomic E-state index is 13.4. The van der Waals surface area contributed by atoms with Crippen molar-refractivity contribution in [3.05, 3.63) is 107 Å². The van der Waals surface area contributed by atoms with E-state index in [2.05, 4.69) is 20.3 Å². The van der Waals surface area contributed by atoms with E-state index in [0.29, 0.717) is 17.8 Å². The Morgan fingerprint density at radius 1 is 1.06 bits per heavy atom. The summed E-state index contributed by atoms with van der Waals surface area (Å²) in [6, 6.07) is 15.5. The molecule has 0 aliphatic carbocycles. The molecule has 0 aliphatic heterocycles. The number of amides is 3. The van der Waals surface area contributed by atoms with Gasteiger partial charge >= 0.3 is 0 Å². The Morgan fingerprint density at radius 2 is 1.83 bits per heavy atom. The SMILES string of the molecule is NC(=O)c1nc[nH]c1C(=O)N(CCc1ccccn1)c1ccc(NC(=O)c2ccc(F)cc2Cl)cc1. The van der Waals surface area contributed by atoms with E-state index in [0.717, 1.165) is 17.8 Å². The zero-order valence-electron chi connectivity index (χ0n) is 18.7. The van der Waals surface area contributed by atoms with Crippen LogP contribution in [-0.2, 0) is 6.42 Å². The Morgan fingerprint density at radius 3 is 2.50 bits per heavy atom. The number of benzene rings is 2. The monoisotopic (exact) mass is 506 g/mol. The third-order valence-electron chi connectivity index (χ3n) is 5.26. The number of H-pyrrole nitrogens is 1. The molecule has 182 valence electrons. The molecule has 2 heterocycles. The molecule has 0 radical (unpaired) electrons. The minimum absolute atomic E-state index is 0.0137. The number of anilines is 2. The minimum Gasteiger partial charge on any atom is -0.364 e. The van der Waals surface area contributed by atoms with Gasteiger partial charge in [0.05, 0.1) is 16.9 Å². The van der Waals surface area contributed by atoms with Crippen LogP contribution in [-0.4, -0.2) is 39.2 Å². The van der Waals surface area contributed by atoms with E-state index in [1.165, 1.54) is 17.3 Å². The summed E-state index contributed by atoms with van der Waals surface area (Å²) in [6.07, 6.45) is 3.32. The Kier molecular flexibility index (Phi) is 7.36. The highest BCUT2D eigenvalue weighted by molar-refractivity contribution is 6.34. The smallest absolute Gasteiger partial charge is 0.277 e. The summed E-state index contributed by atoms with van der Waals surface area (Å²) in [5.74, 6) is -2.40. The summed E-state index contributed by atoms with van der Waals surface area (Å²) >= 11 is 5.97. The van der Waals surface area contributed by atoms with Crippen molar-refractivity contribution >= 4 is 40.7 Å². The normalized spacial score (nSPS) is 10.6. The number of primary amides is 1. The van der Waals surface area contributed by atoms with Gasteiger partial charge in [-0.1, -0.05) is 17.7 Å². The summed E-state index contributed by atoms with van der Waals surface area (Å²) < 4.78 is 13.3. The van der Waals surface area contributed by atoms with Gasteiger partial charge in [-0.2, -0.15) is 0 Å². The quantitative estimate of drug-likeness (QED) is 0.334. The molecule has 3 amide bonds. The second kappa shape index (κ2) is 10.8. The van der Waals surface area contributed by atoms with Crippen molar-refractivity contribution in [1.82, 2.24) is 15.0 Å². The van der Waals surface area contributed by atoms with Crippen LogP contribution in [0.1, 0.15) is 37.0 Å². The second-order valence-corrected chi connectivity index (χ2v) is 8.05. The molecular formula is C25H20ClFN6O3. The van der Waals surface area contributed by atoms with E-state index in [1.54, 1.807) is 36.5 Å². The van der Waals surface area contributed by atoms with Crippen LogP contribution in [0.3, 0.4) is 0 Å². The second-order valence-electron chi connectivity index (χ2n) is 7.64. The number of halogens is 2. The molecule has 0 aliphatic rings. The van der Waals surface area contributed by atoms with Crippen LogP contribution >= 0.6 is 11.6 Å². The van der Waals surface area contributed by atoms with Crippen LogP contribution in [0.15, 0.2) is 73.2 Å². The van der Waals surface area contributed by atoms with E-state index in [4.69, 9.17) is 17.3 Å². The lowest BCUT2D eigenvalue weighted by Gasteiger charge is -2.23. The van der Waals surface area contributed by atoms with Crippen LogP contribution in [0.25, 0.3) is 0 Å². The number of nitrogens with two attached hydrogens (primary N) is 1. The number of imidazole rings is 1. The molecule has 0 saturated carbocycles. The van der Waals surface area contributed by atoms with Crippen LogP contribution in [0, 0.1) is 5.82 Å². The first-order valence-electron chi connectivity index (χ1n) is 10.7. The molecule has 0 spiro atoms. The largest absolute Gasteiger partial charge is 0.364 e. The lowest BCUT2D eigenvalue weighted by Crippen LogP contribution is -2.34. The van der Waals surface area contributed by atoms with E-state index in [9.17, 15) is 18.8 Å². The average molecular weight is 507 g/mol. The van der Waals surface area contributed by atoms with Gasteiger partial charge in [0, 0.05) is 36.2 Å². The Bertz CT molecular complexity index is 1410. The number of rotatable bonds is 8. The van der Waals surface area contributed by atoms with Gasteiger partial charge in [0.2, 0.25) is 0 Å². The first kappa shape index (κ1) is 24.6. The fourth-order valence-corrected chi connectivity index (χ4v) is 3.75. The van der Waals surface area contributed by atoms with Gasteiger partial charge in [-0.05, 0) is 54.6 Å². The van der Waals surface area contributed by atoms with Crippen LogP contribution in [0.5, 0.6) is 0 Å². The highest BCUT2D eigenvalue weighted by Crippen LogP contribution is 2.23. The first-order valence-corrected chi connectivity index (χ1v) is 11.1.